The Morgan fingerprint density at radius 3 is 2.39 bits per heavy atom. The fraction of sp³-hybridized carbons (Fsp3) is 0.0588. The number of halogens is 2. The minimum Gasteiger partial charge on any atom is -0.496 e. The van der Waals surface area contributed by atoms with Gasteiger partial charge < -0.3 is 20.7 Å². The van der Waals surface area contributed by atoms with Crippen molar-refractivity contribution in [1.82, 2.24) is 10.3 Å². The van der Waals surface area contributed by atoms with Crippen LogP contribution >= 0.6 is 46.3 Å². The van der Waals surface area contributed by atoms with Gasteiger partial charge in [-0.2, -0.15) is 0 Å². The van der Waals surface area contributed by atoms with E-state index in [1.807, 2.05) is 17.5 Å². The first kappa shape index (κ1) is 32.8. The molecule has 0 aliphatic heterocycles. The highest BCUT2D eigenvalue weighted by molar-refractivity contribution is 8.00. The van der Waals surface area contributed by atoms with Crippen molar-refractivity contribution in [2.45, 2.75) is 4.90 Å². The van der Waals surface area contributed by atoms with Gasteiger partial charge in [-0.3, -0.25) is 14.4 Å². The summed E-state index contributed by atoms with van der Waals surface area (Å²) in [5, 5.41) is 11.6. The minimum absolute atomic E-state index is 0.0390. The Morgan fingerprint density at radius 1 is 0.913 bits per heavy atom. The lowest BCUT2D eigenvalue weighted by atomic mass is 10.1. The molecule has 0 bridgehead atoms. The number of hydrogen-bond donors (Lipinski definition) is 3. The molecule has 4 aromatic carbocycles. The molecule has 3 N–H and O–H groups in total. The van der Waals surface area contributed by atoms with Crippen LogP contribution < -0.4 is 20.7 Å². The van der Waals surface area contributed by atoms with E-state index < -0.39 is 11.8 Å². The van der Waals surface area contributed by atoms with Crippen LogP contribution in [0.25, 0.3) is 17.3 Å². The summed E-state index contributed by atoms with van der Waals surface area (Å²) in [6.07, 6.45) is 1.56. The van der Waals surface area contributed by atoms with Crippen LogP contribution in [-0.2, 0) is 9.59 Å². The van der Waals surface area contributed by atoms with Gasteiger partial charge in [-0.25, -0.2) is 4.98 Å². The Morgan fingerprint density at radius 2 is 1.65 bits per heavy atom. The molecule has 0 radical (unpaired) electrons. The number of rotatable bonds is 11. The maximum absolute atomic E-state index is 13.4. The maximum Gasteiger partial charge on any atom is 0.272 e. The first-order valence-electron chi connectivity index (χ1n) is 13.7. The number of thioether (sulfide) groups is 1. The van der Waals surface area contributed by atoms with Crippen molar-refractivity contribution < 1.29 is 19.1 Å². The molecule has 232 valence electrons. The van der Waals surface area contributed by atoms with Crippen LogP contribution in [0.4, 0.5) is 10.8 Å². The predicted molar refractivity (Wildman–Crippen MR) is 187 cm³/mol. The zero-order valence-corrected chi connectivity index (χ0v) is 27.4. The number of anilines is 2. The third-order valence-electron chi connectivity index (χ3n) is 6.41. The molecule has 1 heterocycles. The molecule has 3 amide bonds. The maximum atomic E-state index is 13.4. The molecule has 0 saturated heterocycles. The molecule has 1 aromatic heterocycles. The Bertz CT molecular complexity index is 1900. The average Bonchev–Trinajstić information content (AvgIpc) is 3.52. The highest BCUT2D eigenvalue weighted by Crippen LogP contribution is 2.32. The van der Waals surface area contributed by atoms with E-state index in [0.717, 1.165) is 10.5 Å². The van der Waals surface area contributed by atoms with Crippen LogP contribution in [0.5, 0.6) is 5.75 Å². The molecule has 0 atom stereocenters. The second-order valence-corrected chi connectivity index (χ2v) is 12.3. The molecular weight excluding hydrogens is 663 g/mol. The number of nitrogens with one attached hydrogen (secondary N) is 3. The van der Waals surface area contributed by atoms with Gasteiger partial charge in [-0.05, 0) is 66.7 Å². The first-order chi connectivity index (χ1) is 22.3. The first-order valence-corrected chi connectivity index (χ1v) is 16.4. The second-order valence-electron chi connectivity index (χ2n) is 9.60. The van der Waals surface area contributed by atoms with E-state index in [1.54, 1.807) is 91.0 Å². The van der Waals surface area contributed by atoms with Gasteiger partial charge in [0.15, 0.2) is 5.13 Å². The van der Waals surface area contributed by atoms with Crippen molar-refractivity contribution in [3.63, 3.8) is 0 Å². The van der Waals surface area contributed by atoms with E-state index >= 15 is 0 Å². The van der Waals surface area contributed by atoms with E-state index in [4.69, 9.17) is 27.9 Å². The summed E-state index contributed by atoms with van der Waals surface area (Å²) < 4.78 is 5.42. The Hall–Kier alpha value is -4.61. The van der Waals surface area contributed by atoms with Gasteiger partial charge in [-0.15, -0.1) is 23.1 Å². The molecule has 0 fully saturated rings. The van der Waals surface area contributed by atoms with E-state index in [1.165, 1.54) is 30.2 Å². The Labute approximate surface area is 283 Å². The number of hydrogen-bond acceptors (Lipinski definition) is 7. The summed E-state index contributed by atoms with van der Waals surface area (Å²) >= 11 is 14.9. The lowest BCUT2D eigenvalue weighted by Gasteiger charge is -2.13. The topological polar surface area (TPSA) is 109 Å². The van der Waals surface area contributed by atoms with Gasteiger partial charge in [0, 0.05) is 37.7 Å². The molecule has 0 aliphatic carbocycles. The van der Waals surface area contributed by atoms with Gasteiger partial charge in [-0.1, -0.05) is 59.6 Å². The monoisotopic (exact) mass is 688 g/mol. The minimum atomic E-state index is -0.516. The molecule has 0 aliphatic rings. The summed E-state index contributed by atoms with van der Waals surface area (Å²) in [4.78, 5) is 44.2. The number of aromatic nitrogens is 1. The average molecular weight is 690 g/mol. The molecule has 0 unspecified atom stereocenters. The van der Waals surface area contributed by atoms with E-state index in [9.17, 15) is 14.4 Å². The Kier molecular flexibility index (Phi) is 11.1. The lowest BCUT2D eigenvalue weighted by Crippen LogP contribution is -2.30. The zero-order valence-electron chi connectivity index (χ0n) is 24.3. The SMILES string of the molecule is COc1ccccc1/C=C(\NC(=O)c1ccccc1)C(=O)Nc1ccc(SCC(=O)Nc2nc(-c3ccc(Cl)cc3Cl)cs2)cc1. The van der Waals surface area contributed by atoms with Gasteiger partial charge in [0.1, 0.15) is 11.4 Å². The standard InChI is InChI=1S/C34H26Cl2N4O4S2/c1-44-30-10-6-5-9-22(30)17-28(38-32(42)21-7-3-2-4-8-21)33(43)37-24-12-14-25(15-13-24)45-20-31(41)40-34-39-29(19-46-34)26-16-11-23(35)18-27(26)36/h2-19H,20H2,1H3,(H,37,43)(H,38,42)(H,39,40,41)/b28-17-. The van der Waals surface area contributed by atoms with Crippen molar-refractivity contribution >= 4 is 80.9 Å². The van der Waals surface area contributed by atoms with Crippen molar-refractivity contribution in [2.75, 3.05) is 23.5 Å². The molecule has 12 heteroatoms. The van der Waals surface area contributed by atoms with Gasteiger partial charge in [0.25, 0.3) is 11.8 Å². The van der Waals surface area contributed by atoms with Crippen molar-refractivity contribution in [3.05, 3.63) is 129 Å². The third kappa shape index (κ3) is 8.76. The predicted octanol–water partition coefficient (Wildman–Crippen LogP) is 8.27. The molecule has 0 spiro atoms. The van der Waals surface area contributed by atoms with Crippen molar-refractivity contribution in [3.8, 4) is 17.0 Å². The van der Waals surface area contributed by atoms with Crippen molar-refractivity contribution in [1.29, 1.82) is 0 Å². The molecular formula is C34H26Cl2N4O4S2. The number of thiazole rings is 1. The van der Waals surface area contributed by atoms with Gasteiger partial charge in [0.2, 0.25) is 5.91 Å². The molecule has 8 nitrogen and oxygen atoms in total. The van der Waals surface area contributed by atoms with Crippen LogP contribution in [0.1, 0.15) is 15.9 Å². The molecule has 0 saturated carbocycles. The summed E-state index contributed by atoms with van der Waals surface area (Å²) in [5.74, 6) is -0.457. The molecule has 5 aromatic rings. The zero-order chi connectivity index (χ0) is 32.5. The largest absolute Gasteiger partial charge is 0.496 e. The fourth-order valence-corrected chi connectivity index (χ4v) is 6.10. The third-order valence-corrected chi connectivity index (χ3v) is 8.72. The van der Waals surface area contributed by atoms with Crippen LogP contribution in [-0.4, -0.2) is 35.6 Å². The Balaban J connectivity index is 1.20. The van der Waals surface area contributed by atoms with Crippen LogP contribution in [0.3, 0.4) is 0 Å². The number of amides is 3. The highest BCUT2D eigenvalue weighted by Gasteiger charge is 2.17. The highest BCUT2D eigenvalue weighted by atomic mass is 35.5. The normalized spacial score (nSPS) is 11.1. The number of para-hydroxylation sites is 1. The van der Waals surface area contributed by atoms with E-state index in [-0.39, 0.29) is 17.4 Å². The van der Waals surface area contributed by atoms with Gasteiger partial charge in [0.05, 0.1) is 23.6 Å². The number of benzene rings is 4. The fourth-order valence-electron chi connectivity index (χ4n) is 4.17. The summed E-state index contributed by atoms with van der Waals surface area (Å²) in [5.41, 5.74) is 2.95. The number of carbonyl (C=O) groups is 3. The smallest absolute Gasteiger partial charge is 0.272 e. The lowest BCUT2D eigenvalue weighted by molar-refractivity contribution is -0.114. The summed E-state index contributed by atoms with van der Waals surface area (Å²) in [7, 11) is 1.53. The number of ether oxygens (including phenoxy) is 1. The van der Waals surface area contributed by atoms with Crippen molar-refractivity contribution in [2.24, 2.45) is 0 Å². The number of nitrogens with zero attached hydrogens (tertiary/aromatic N) is 1. The van der Waals surface area contributed by atoms with Crippen LogP contribution in [0.2, 0.25) is 10.0 Å². The van der Waals surface area contributed by atoms with Gasteiger partial charge >= 0.3 is 0 Å². The summed E-state index contributed by atoms with van der Waals surface area (Å²) in [6, 6.07) is 28.0. The van der Waals surface area contributed by atoms with E-state index in [2.05, 4.69) is 20.9 Å². The summed E-state index contributed by atoms with van der Waals surface area (Å²) in [6.45, 7) is 0. The van der Waals surface area contributed by atoms with Crippen LogP contribution in [0.15, 0.2) is 113 Å². The van der Waals surface area contributed by atoms with Crippen LogP contribution in [0, 0.1) is 0 Å². The number of carbonyl (C=O) groups excluding carboxylic acids is 3. The molecule has 46 heavy (non-hydrogen) atoms. The molecule has 5 rings (SSSR count). The number of methoxy groups -OCH3 is 1. The van der Waals surface area contributed by atoms with E-state index in [0.29, 0.717) is 43.4 Å². The quantitative estimate of drug-likeness (QED) is 0.0952. The second kappa shape index (κ2) is 15.6.